The van der Waals surface area contributed by atoms with Crippen LogP contribution in [0.2, 0.25) is 0 Å². The third-order valence-electron chi connectivity index (χ3n) is 6.37. The van der Waals surface area contributed by atoms with Crippen LogP contribution in [0.1, 0.15) is 48.3 Å². The first-order valence-electron chi connectivity index (χ1n) is 10.5. The van der Waals surface area contributed by atoms with Crippen molar-refractivity contribution in [2.75, 3.05) is 7.11 Å². The molecule has 0 bridgehead atoms. The predicted molar refractivity (Wildman–Crippen MR) is 119 cm³/mol. The van der Waals surface area contributed by atoms with Crippen LogP contribution in [0.4, 0.5) is 0 Å². The monoisotopic (exact) mass is 370 g/mol. The lowest BCUT2D eigenvalue weighted by Crippen LogP contribution is -2.11. The first-order valence-corrected chi connectivity index (χ1v) is 10.5. The van der Waals surface area contributed by atoms with Gasteiger partial charge in [-0.05, 0) is 90.0 Å². The second kappa shape index (κ2) is 8.65. The topological polar surface area (TPSA) is 9.23 Å². The molecule has 0 aromatic heterocycles. The largest absolute Gasteiger partial charge is 0.497 e. The molecule has 3 aromatic rings. The summed E-state index contributed by atoms with van der Waals surface area (Å²) in [4.78, 5) is 0. The minimum absolute atomic E-state index is 0.735. The Morgan fingerprint density at radius 1 is 0.821 bits per heavy atom. The maximum Gasteiger partial charge on any atom is 0.119 e. The van der Waals surface area contributed by atoms with Gasteiger partial charge in [0.1, 0.15) is 5.75 Å². The van der Waals surface area contributed by atoms with Crippen LogP contribution in [0.25, 0.3) is 10.8 Å². The van der Waals surface area contributed by atoms with E-state index >= 15 is 0 Å². The molecule has 0 saturated heterocycles. The minimum atomic E-state index is 0.735. The van der Waals surface area contributed by atoms with E-state index in [1.54, 1.807) is 7.11 Å². The molecule has 144 valence electrons. The Morgan fingerprint density at radius 3 is 2.18 bits per heavy atom. The van der Waals surface area contributed by atoms with Crippen LogP contribution in [0, 0.1) is 5.92 Å². The first-order chi connectivity index (χ1) is 13.7. The zero-order chi connectivity index (χ0) is 19.3. The fourth-order valence-corrected chi connectivity index (χ4v) is 4.49. The molecule has 28 heavy (non-hydrogen) atoms. The SMILES string of the molecule is C=CC1CCC(c2ccc(CCc3ccc4cc(OC)ccc4c3)cc2)CC1. The number of methoxy groups -OCH3 is 1. The Hall–Kier alpha value is -2.54. The number of hydrogen-bond acceptors (Lipinski definition) is 1. The Balaban J connectivity index is 1.37. The van der Waals surface area contributed by atoms with Crippen LogP contribution in [0.3, 0.4) is 0 Å². The molecular weight excluding hydrogens is 340 g/mol. The highest BCUT2D eigenvalue weighted by Crippen LogP contribution is 2.36. The van der Waals surface area contributed by atoms with E-state index in [4.69, 9.17) is 4.74 Å². The van der Waals surface area contributed by atoms with E-state index in [9.17, 15) is 0 Å². The first kappa shape index (κ1) is 18.8. The van der Waals surface area contributed by atoms with Crippen molar-refractivity contribution in [1.29, 1.82) is 0 Å². The molecule has 0 N–H and O–H groups in total. The van der Waals surface area contributed by atoms with Crippen LogP contribution in [-0.2, 0) is 12.8 Å². The Morgan fingerprint density at radius 2 is 1.46 bits per heavy atom. The minimum Gasteiger partial charge on any atom is -0.497 e. The van der Waals surface area contributed by atoms with Gasteiger partial charge in [0.05, 0.1) is 7.11 Å². The van der Waals surface area contributed by atoms with Crippen LogP contribution in [0.15, 0.2) is 73.3 Å². The summed E-state index contributed by atoms with van der Waals surface area (Å²) in [5.74, 6) is 2.39. The summed E-state index contributed by atoms with van der Waals surface area (Å²) in [6, 6.07) is 22.4. The van der Waals surface area contributed by atoms with Gasteiger partial charge >= 0.3 is 0 Å². The summed E-state index contributed by atoms with van der Waals surface area (Å²) >= 11 is 0. The van der Waals surface area contributed by atoms with Gasteiger partial charge in [-0.3, -0.25) is 0 Å². The lowest BCUT2D eigenvalue weighted by atomic mass is 9.78. The van der Waals surface area contributed by atoms with Gasteiger partial charge in [-0.2, -0.15) is 0 Å². The number of ether oxygens (including phenoxy) is 1. The van der Waals surface area contributed by atoms with Gasteiger partial charge in [-0.15, -0.1) is 6.58 Å². The quantitative estimate of drug-likeness (QED) is 0.421. The van der Waals surface area contributed by atoms with Crippen LogP contribution >= 0.6 is 0 Å². The lowest BCUT2D eigenvalue weighted by molar-refractivity contribution is 0.376. The van der Waals surface area contributed by atoms with Crippen molar-refractivity contribution < 1.29 is 4.74 Å². The van der Waals surface area contributed by atoms with E-state index in [-0.39, 0.29) is 0 Å². The average molecular weight is 371 g/mol. The molecule has 1 heteroatoms. The van der Waals surface area contributed by atoms with Crippen molar-refractivity contribution in [1.82, 2.24) is 0 Å². The van der Waals surface area contributed by atoms with Crippen LogP contribution in [-0.4, -0.2) is 7.11 Å². The number of fused-ring (bicyclic) bond motifs is 1. The van der Waals surface area contributed by atoms with E-state index in [0.29, 0.717) is 0 Å². The fraction of sp³-hybridized carbons (Fsp3) is 0.333. The number of hydrogen-bond donors (Lipinski definition) is 0. The normalized spacial score (nSPS) is 19.5. The molecular formula is C27H30O. The van der Waals surface area contributed by atoms with Crippen molar-refractivity contribution in [3.63, 3.8) is 0 Å². The molecule has 1 nitrogen and oxygen atoms in total. The molecule has 0 unspecified atom stereocenters. The van der Waals surface area contributed by atoms with E-state index < -0.39 is 0 Å². The van der Waals surface area contributed by atoms with Crippen molar-refractivity contribution in [2.45, 2.75) is 44.4 Å². The van der Waals surface area contributed by atoms with E-state index in [0.717, 1.165) is 30.4 Å². The second-order valence-electron chi connectivity index (χ2n) is 8.14. The third-order valence-corrected chi connectivity index (χ3v) is 6.37. The standard InChI is InChI=1S/C27H30O/c1-3-20-6-11-23(12-7-20)24-13-8-21(9-14-24)4-5-22-10-15-26-19-27(28-2)17-16-25(26)18-22/h3,8-10,13-20,23H,1,4-7,11-12H2,2H3. The number of rotatable bonds is 6. The van der Waals surface area contributed by atoms with Gasteiger partial charge in [0.25, 0.3) is 0 Å². The van der Waals surface area contributed by atoms with Gasteiger partial charge in [0.2, 0.25) is 0 Å². The molecule has 0 amide bonds. The number of aryl methyl sites for hydroxylation is 2. The van der Waals surface area contributed by atoms with Gasteiger partial charge in [0, 0.05) is 0 Å². The maximum atomic E-state index is 5.32. The summed E-state index contributed by atoms with van der Waals surface area (Å²) in [6.07, 6.45) is 9.50. The van der Waals surface area contributed by atoms with E-state index in [1.807, 2.05) is 6.07 Å². The van der Waals surface area contributed by atoms with Crippen molar-refractivity contribution >= 4 is 10.8 Å². The Bertz CT molecular complexity index is 930. The maximum absolute atomic E-state index is 5.32. The van der Waals surface area contributed by atoms with Crippen LogP contribution < -0.4 is 4.74 Å². The Kier molecular flexibility index (Phi) is 5.81. The smallest absolute Gasteiger partial charge is 0.119 e. The van der Waals surface area contributed by atoms with Gasteiger partial charge in [-0.1, -0.05) is 54.6 Å². The molecule has 1 saturated carbocycles. The van der Waals surface area contributed by atoms with Crippen molar-refractivity contribution in [3.8, 4) is 5.75 Å². The van der Waals surface area contributed by atoms with Gasteiger partial charge in [0.15, 0.2) is 0 Å². The molecule has 1 aliphatic rings. The number of allylic oxidation sites excluding steroid dienone is 1. The highest BCUT2D eigenvalue weighted by atomic mass is 16.5. The summed E-state index contributed by atoms with van der Waals surface area (Å²) < 4.78 is 5.32. The van der Waals surface area contributed by atoms with Gasteiger partial charge in [-0.25, -0.2) is 0 Å². The summed E-state index contributed by atoms with van der Waals surface area (Å²) in [5.41, 5.74) is 4.34. The summed E-state index contributed by atoms with van der Waals surface area (Å²) in [6.45, 7) is 3.96. The number of benzene rings is 3. The molecule has 0 atom stereocenters. The van der Waals surface area contributed by atoms with E-state index in [2.05, 4.69) is 67.3 Å². The summed E-state index contributed by atoms with van der Waals surface area (Å²) in [7, 11) is 1.72. The Labute approximate surface area is 169 Å². The highest BCUT2D eigenvalue weighted by molar-refractivity contribution is 5.84. The molecule has 1 aliphatic carbocycles. The predicted octanol–water partition coefficient (Wildman–Crippen LogP) is 7.09. The molecule has 1 fully saturated rings. The molecule has 0 aliphatic heterocycles. The summed E-state index contributed by atoms with van der Waals surface area (Å²) in [5, 5.41) is 2.52. The highest BCUT2D eigenvalue weighted by Gasteiger charge is 2.20. The molecule has 3 aromatic carbocycles. The zero-order valence-electron chi connectivity index (χ0n) is 16.9. The average Bonchev–Trinajstić information content (AvgIpc) is 2.77. The molecule has 0 heterocycles. The van der Waals surface area contributed by atoms with Crippen LogP contribution in [0.5, 0.6) is 5.75 Å². The second-order valence-corrected chi connectivity index (χ2v) is 8.14. The molecule has 4 rings (SSSR count). The third kappa shape index (κ3) is 4.30. The lowest BCUT2D eigenvalue weighted by Gasteiger charge is -2.27. The van der Waals surface area contributed by atoms with E-state index in [1.165, 1.54) is 53.1 Å². The zero-order valence-corrected chi connectivity index (χ0v) is 16.9. The fourth-order valence-electron chi connectivity index (χ4n) is 4.49. The van der Waals surface area contributed by atoms with Crippen molar-refractivity contribution in [2.24, 2.45) is 5.92 Å². The molecule has 0 spiro atoms. The molecule has 0 radical (unpaired) electrons. The van der Waals surface area contributed by atoms with Gasteiger partial charge < -0.3 is 4.74 Å². The van der Waals surface area contributed by atoms with Crippen molar-refractivity contribution in [3.05, 3.63) is 90.0 Å².